The van der Waals surface area contributed by atoms with Gasteiger partial charge in [0.25, 0.3) is 0 Å². The number of nitrogens with two attached hydrogens (primary N) is 1. The zero-order chi connectivity index (χ0) is 11.8. The van der Waals surface area contributed by atoms with Crippen LogP contribution in [-0.2, 0) is 4.79 Å². The van der Waals surface area contributed by atoms with Crippen LogP contribution in [0.5, 0.6) is 0 Å². The molecule has 84 valence electrons. The molecule has 3 nitrogen and oxygen atoms in total. The van der Waals surface area contributed by atoms with Gasteiger partial charge in [-0.1, -0.05) is 29.8 Å². The summed E-state index contributed by atoms with van der Waals surface area (Å²) >= 11 is 9.36. The average Bonchev–Trinajstić information content (AvgIpc) is 2.22. The van der Waals surface area contributed by atoms with Crippen molar-refractivity contribution in [1.82, 2.24) is 0 Å². The lowest BCUT2D eigenvalue weighted by molar-refractivity contribution is -0.137. The molecule has 3 N–H and O–H groups in total. The number of hydrogen-bond acceptors (Lipinski definition) is 3. The number of carboxylic acid groups (broad SMARTS) is 1. The van der Waals surface area contributed by atoms with E-state index in [2.05, 4.69) is 12.6 Å². The Labute approximate surface area is 99.7 Å². The first-order valence-corrected chi connectivity index (χ1v) is 5.30. The summed E-state index contributed by atoms with van der Waals surface area (Å²) in [5.41, 5.74) is 6.07. The number of benzene rings is 1. The molecular formula is C10H14ClNO2S. The molecule has 1 atom stereocenters. The molecule has 0 aliphatic rings. The Balaban J connectivity index is 0.000000265. The largest absolute Gasteiger partial charge is 0.480 e. The molecule has 1 aromatic rings. The third-order valence-electron chi connectivity index (χ3n) is 1.59. The third-order valence-corrected chi connectivity index (χ3v) is 2.41. The predicted octanol–water partition coefficient (Wildman–Crippen LogP) is 1.98. The van der Waals surface area contributed by atoms with E-state index in [0.717, 1.165) is 10.6 Å². The SMILES string of the molecule is Cc1ccccc1Cl.N[C@@H](CS)C(=O)O. The summed E-state index contributed by atoms with van der Waals surface area (Å²) in [4.78, 5) is 9.76. The van der Waals surface area contributed by atoms with E-state index in [9.17, 15) is 4.79 Å². The van der Waals surface area contributed by atoms with Gasteiger partial charge in [-0.15, -0.1) is 0 Å². The highest BCUT2D eigenvalue weighted by Gasteiger charge is 2.06. The molecule has 0 unspecified atom stereocenters. The van der Waals surface area contributed by atoms with Crippen molar-refractivity contribution in [2.75, 3.05) is 5.75 Å². The highest BCUT2D eigenvalue weighted by atomic mass is 35.5. The van der Waals surface area contributed by atoms with E-state index < -0.39 is 12.0 Å². The first-order chi connectivity index (χ1) is 6.99. The van der Waals surface area contributed by atoms with Crippen LogP contribution < -0.4 is 5.73 Å². The van der Waals surface area contributed by atoms with Crippen molar-refractivity contribution in [2.45, 2.75) is 13.0 Å². The Bertz CT molecular complexity index is 299. The van der Waals surface area contributed by atoms with Crippen LogP contribution in [-0.4, -0.2) is 22.9 Å². The predicted molar refractivity (Wildman–Crippen MR) is 65.7 cm³/mol. The van der Waals surface area contributed by atoms with E-state index in [-0.39, 0.29) is 5.75 Å². The minimum absolute atomic E-state index is 0.190. The van der Waals surface area contributed by atoms with Gasteiger partial charge in [-0.2, -0.15) is 12.6 Å². The Hall–Kier alpha value is -0.710. The molecule has 0 aliphatic carbocycles. The van der Waals surface area contributed by atoms with Crippen LogP contribution in [0.3, 0.4) is 0 Å². The summed E-state index contributed by atoms with van der Waals surface area (Å²) in [7, 11) is 0. The fourth-order valence-electron chi connectivity index (χ4n) is 0.629. The van der Waals surface area contributed by atoms with Gasteiger partial charge in [-0.3, -0.25) is 4.79 Å². The van der Waals surface area contributed by atoms with Crippen molar-refractivity contribution in [3.63, 3.8) is 0 Å². The van der Waals surface area contributed by atoms with E-state index in [1.54, 1.807) is 0 Å². The Kier molecular flexibility index (Phi) is 7.21. The molecule has 1 aromatic carbocycles. The molecule has 0 aliphatic heterocycles. The maximum atomic E-state index is 9.76. The monoisotopic (exact) mass is 247 g/mol. The second kappa shape index (κ2) is 7.56. The van der Waals surface area contributed by atoms with Gasteiger partial charge in [0, 0.05) is 10.8 Å². The maximum Gasteiger partial charge on any atom is 0.321 e. The second-order valence-electron chi connectivity index (χ2n) is 2.88. The molecule has 0 bridgehead atoms. The number of halogens is 1. The molecular weight excluding hydrogens is 234 g/mol. The number of carboxylic acids is 1. The van der Waals surface area contributed by atoms with Crippen molar-refractivity contribution >= 4 is 30.2 Å². The number of aryl methyl sites for hydroxylation is 1. The Morgan fingerprint density at radius 1 is 1.60 bits per heavy atom. The van der Waals surface area contributed by atoms with Gasteiger partial charge in [0.05, 0.1) is 0 Å². The molecule has 0 saturated carbocycles. The third kappa shape index (κ3) is 6.38. The van der Waals surface area contributed by atoms with Crippen LogP contribution >= 0.6 is 24.2 Å². The second-order valence-corrected chi connectivity index (χ2v) is 3.65. The molecule has 0 aromatic heterocycles. The van der Waals surface area contributed by atoms with Crippen LogP contribution in [0.25, 0.3) is 0 Å². The Morgan fingerprint density at radius 2 is 2.13 bits per heavy atom. The van der Waals surface area contributed by atoms with Gasteiger partial charge in [-0.05, 0) is 18.6 Å². The fourth-order valence-corrected chi connectivity index (χ4v) is 0.921. The minimum atomic E-state index is -1.00. The van der Waals surface area contributed by atoms with Crippen molar-refractivity contribution in [2.24, 2.45) is 5.73 Å². The van der Waals surface area contributed by atoms with Crippen LogP contribution in [0, 0.1) is 6.92 Å². The smallest absolute Gasteiger partial charge is 0.321 e. The lowest BCUT2D eigenvalue weighted by Gasteiger charge is -1.96. The Morgan fingerprint density at radius 3 is 2.33 bits per heavy atom. The standard InChI is InChI=1S/C7H7Cl.C3H7NO2S/c1-6-4-2-3-5-7(6)8;4-2(1-7)3(5)6/h2-5H,1H3;2,7H,1,4H2,(H,5,6)/t;2-/m.0/s1. The van der Waals surface area contributed by atoms with E-state index in [1.165, 1.54) is 0 Å². The number of carbonyl (C=O) groups is 1. The van der Waals surface area contributed by atoms with Gasteiger partial charge in [0.1, 0.15) is 6.04 Å². The van der Waals surface area contributed by atoms with Crippen LogP contribution in [0.2, 0.25) is 5.02 Å². The number of aliphatic carboxylic acids is 1. The average molecular weight is 248 g/mol. The molecule has 0 fully saturated rings. The molecule has 0 heterocycles. The van der Waals surface area contributed by atoms with Crippen molar-refractivity contribution in [1.29, 1.82) is 0 Å². The quantitative estimate of drug-likeness (QED) is 0.701. The van der Waals surface area contributed by atoms with Crippen molar-refractivity contribution < 1.29 is 9.90 Å². The van der Waals surface area contributed by atoms with E-state index in [0.29, 0.717) is 0 Å². The topological polar surface area (TPSA) is 63.3 Å². The summed E-state index contributed by atoms with van der Waals surface area (Å²) in [6.07, 6.45) is 0. The van der Waals surface area contributed by atoms with Gasteiger partial charge in [0.15, 0.2) is 0 Å². The number of thiol groups is 1. The summed E-state index contributed by atoms with van der Waals surface area (Å²) in [5, 5.41) is 8.85. The van der Waals surface area contributed by atoms with E-state index in [4.69, 9.17) is 22.4 Å². The fraction of sp³-hybridized carbons (Fsp3) is 0.300. The van der Waals surface area contributed by atoms with Gasteiger partial charge in [-0.25, -0.2) is 0 Å². The first-order valence-electron chi connectivity index (χ1n) is 4.29. The molecule has 0 radical (unpaired) electrons. The first kappa shape index (κ1) is 14.3. The van der Waals surface area contributed by atoms with Gasteiger partial charge in [0.2, 0.25) is 0 Å². The van der Waals surface area contributed by atoms with Gasteiger partial charge >= 0.3 is 5.97 Å². The normalized spacial score (nSPS) is 11.2. The highest BCUT2D eigenvalue weighted by Crippen LogP contribution is 2.11. The lowest BCUT2D eigenvalue weighted by atomic mass is 10.2. The van der Waals surface area contributed by atoms with Crippen molar-refractivity contribution in [3.8, 4) is 0 Å². The lowest BCUT2D eigenvalue weighted by Crippen LogP contribution is -2.31. The number of rotatable bonds is 2. The molecule has 0 saturated heterocycles. The summed E-state index contributed by atoms with van der Waals surface area (Å²) < 4.78 is 0. The molecule has 1 rings (SSSR count). The molecule has 15 heavy (non-hydrogen) atoms. The van der Waals surface area contributed by atoms with E-state index in [1.807, 2.05) is 31.2 Å². The molecule has 5 heteroatoms. The van der Waals surface area contributed by atoms with E-state index >= 15 is 0 Å². The zero-order valence-corrected chi connectivity index (χ0v) is 10.0. The summed E-state index contributed by atoms with van der Waals surface area (Å²) in [5.74, 6) is -0.815. The highest BCUT2D eigenvalue weighted by molar-refractivity contribution is 7.80. The van der Waals surface area contributed by atoms with Crippen LogP contribution in [0.1, 0.15) is 5.56 Å². The van der Waals surface area contributed by atoms with Crippen molar-refractivity contribution in [3.05, 3.63) is 34.9 Å². The summed E-state index contributed by atoms with van der Waals surface area (Å²) in [6, 6.07) is 6.96. The zero-order valence-electron chi connectivity index (χ0n) is 8.35. The minimum Gasteiger partial charge on any atom is -0.480 e. The molecule has 0 amide bonds. The number of hydrogen-bond donors (Lipinski definition) is 3. The van der Waals surface area contributed by atoms with Crippen LogP contribution in [0.4, 0.5) is 0 Å². The molecule has 0 spiro atoms. The van der Waals surface area contributed by atoms with Gasteiger partial charge < -0.3 is 10.8 Å². The maximum absolute atomic E-state index is 9.76. The van der Waals surface area contributed by atoms with Crippen LogP contribution in [0.15, 0.2) is 24.3 Å². The summed E-state index contributed by atoms with van der Waals surface area (Å²) in [6.45, 7) is 1.99.